The summed E-state index contributed by atoms with van der Waals surface area (Å²) in [6.45, 7) is 7.54. The zero-order chi connectivity index (χ0) is 14.8. The van der Waals surface area contributed by atoms with Crippen molar-refractivity contribution in [3.05, 3.63) is 28.2 Å². The molecule has 112 valence electrons. The number of methoxy groups -OCH3 is 1. The zero-order valence-electron chi connectivity index (χ0n) is 12.9. The Morgan fingerprint density at radius 1 is 1.45 bits per heavy atom. The van der Waals surface area contributed by atoms with Gasteiger partial charge in [0, 0.05) is 11.1 Å². The maximum Gasteiger partial charge on any atom is 0.123 e. The number of ether oxygens (including phenoxy) is 2. The molecule has 1 aromatic carbocycles. The highest BCUT2D eigenvalue weighted by atomic mass is 79.9. The second-order valence-corrected chi connectivity index (χ2v) is 7.18. The zero-order valence-corrected chi connectivity index (χ0v) is 14.5. The smallest absolute Gasteiger partial charge is 0.123 e. The minimum atomic E-state index is -0.00106. The summed E-state index contributed by atoms with van der Waals surface area (Å²) >= 11 is 3.52. The summed E-state index contributed by atoms with van der Waals surface area (Å²) in [5, 5.41) is 0. The molecule has 1 aromatic rings. The van der Waals surface area contributed by atoms with Gasteiger partial charge < -0.3 is 9.47 Å². The molecule has 20 heavy (non-hydrogen) atoms. The molecular formula is C17H25BrO2. The maximum absolute atomic E-state index is 5.86. The molecule has 0 unspecified atom stereocenters. The van der Waals surface area contributed by atoms with E-state index in [0.29, 0.717) is 11.8 Å². The Morgan fingerprint density at radius 2 is 2.20 bits per heavy atom. The monoisotopic (exact) mass is 340 g/mol. The van der Waals surface area contributed by atoms with Crippen molar-refractivity contribution in [3.8, 4) is 5.75 Å². The van der Waals surface area contributed by atoms with Crippen molar-refractivity contribution in [1.29, 1.82) is 0 Å². The first-order valence-corrected chi connectivity index (χ1v) is 8.23. The summed E-state index contributed by atoms with van der Waals surface area (Å²) in [7, 11) is 1.76. The molecule has 0 N–H and O–H groups in total. The van der Waals surface area contributed by atoms with Crippen molar-refractivity contribution in [2.75, 3.05) is 13.7 Å². The molecule has 1 saturated heterocycles. The van der Waals surface area contributed by atoms with Crippen LogP contribution in [-0.2, 0) is 4.74 Å². The molecule has 1 aliphatic rings. The Morgan fingerprint density at radius 3 is 2.80 bits per heavy atom. The number of hydrogen-bond acceptors (Lipinski definition) is 2. The van der Waals surface area contributed by atoms with Crippen LogP contribution in [0.2, 0.25) is 0 Å². The van der Waals surface area contributed by atoms with Crippen molar-refractivity contribution < 1.29 is 9.47 Å². The number of halogens is 1. The van der Waals surface area contributed by atoms with Gasteiger partial charge in [0.05, 0.1) is 12.7 Å². The molecule has 3 heteroatoms. The summed E-state index contributed by atoms with van der Waals surface area (Å²) in [6.07, 6.45) is 3.39. The molecule has 0 aliphatic carbocycles. The minimum absolute atomic E-state index is 0.00106. The molecule has 0 amide bonds. The highest BCUT2D eigenvalue weighted by molar-refractivity contribution is 9.10. The van der Waals surface area contributed by atoms with Gasteiger partial charge in [-0.25, -0.2) is 0 Å². The topological polar surface area (TPSA) is 18.5 Å². The van der Waals surface area contributed by atoms with Gasteiger partial charge in [0.1, 0.15) is 5.75 Å². The fourth-order valence-corrected chi connectivity index (χ4v) is 3.76. The van der Waals surface area contributed by atoms with Crippen LogP contribution in [0.5, 0.6) is 5.75 Å². The van der Waals surface area contributed by atoms with E-state index in [1.54, 1.807) is 7.11 Å². The van der Waals surface area contributed by atoms with E-state index >= 15 is 0 Å². The first kappa shape index (κ1) is 15.8. The Kier molecular flexibility index (Phi) is 5.14. The molecule has 0 spiro atoms. The second kappa shape index (κ2) is 6.48. The molecule has 0 aromatic heterocycles. The van der Waals surface area contributed by atoms with Gasteiger partial charge in [-0.2, -0.15) is 0 Å². The van der Waals surface area contributed by atoms with E-state index < -0.39 is 0 Å². The Labute approximate surface area is 131 Å². The van der Waals surface area contributed by atoms with E-state index in [4.69, 9.17) is 9.47 Å². The Bertz CT molecular complexity index is 456. The standard InChI is InChI=1S/C17H25BrO2/c1-5-14(12-8-9-20-17(2,3)11-12)15-7-6-13(18)10-16(15)19-4/h6-7,10,12,14H,5,8-9,11H2,1-4H3/t12-,14-/m0/s1. The minimum Gasteiger partial charge on any atom is -0.496 e. The molecule has 2 nitrogen and oxygen atoms in total. The van der Waals surface area contributed by atoms with E-state index in [9.17, 15) is 0 Å². The van der Waals surface area contributed by atoms with E-state index in [1.807, 2.05) is 0 Å². The van der Waals surface area contributed by atoms with Gasteiger partial charge in [-0.3, -0.25) is 0 Å². The number of hydrogen-bond donors (Lipinski definition) is 0. The van der Waals surface area contributed by atoms with Crippen molar-refractivity contribution in [2.45, 2.75) is 51.6 Å². The fraction of sp³-hybridized carbons (Fsp3) is 0.647. The van der Waals surface area contributed by atoms with Crippen LogP contribution >= 0.6 is 15.9 Å². The second-order valence-electron chi connectivity index (χ2n) is 6.26. The summed E-state index contributed by atoms with van der Waals surface area (Å²) in [5.74, 6) is 2.20. The highest BCUT2D eigenvalue weighted by Crippen LogP contribution is 2.43. The summed E-state index contributed by atoms with van der Waals surface area (Å²) < 4.78 is 12.5. The maximum atomic E-state index is 5.86. The molecule has 1 heterocycles. The van der Waals surface area contributed by atoms with Gasteiger partial charge in [0.15, 0.2) is 0 Å². The van der Waals surface area contributed by atoms with Gasteiger partial charge in [-0.1, -0.05) is 28.9 Å². The van der Waals surface area contributed by atoms with Crippen LogP contribution in [0.1, 0.15) is 51.5 Å². The van der Waals surface area contributed by atoms with Gasteiger partial charge >= 0.3 is 0 Å². The molecular weight excluding hydrogens is 316 g/mol. The summed E-state index contributed by atoms with van der Waals surface area (Å²) in [4.78, 5) is 0. The van der Waals surface area contributed by atoms with E-state index in [-0.39, 0.29) is 5.60 Å². The first-order valence-electron chi connectivity index (χ1n) is 7.44. The lowest BCUT2D eigenvalue weighted by Gasteiger charge is -2.39. The lowest BCUT2D eigenvalue weighted by atomic mass is 9.75. The average molecular weight is 341 g/mol. The largest absolute Gasteiger partial charge is 0.496 e. The first-order chi connectivity index (χ1) is 9.46. The third-order valence-corrected chi connectivity index (χ3v) is 4.83. The molecule has 0 radical (unpaired) electrons. The lowest BCUT2D eigenvalue weighted by molar-refractivity contribution is -0.0770. The molecule has 1 aliphatic heterocycles. The normalized spacial score (nSPS) is 23.4. The predicted molar refractivity (Wildman–Crippen MR) is 86.5 cm³/mol. The Hall–Kier alpha value is -0.540. The van der Waals surface area contributed by atoms with Crippen LogP contribution in [-0.4, -0.2) is 19.3 Å². The SMILES string of the molecule is CC[C@H](c1ccc(Br)cc1OC)[C@H]1CCOC(C)(C)C1. The van der Waals surface area contributed by atoms with Gasteiger partial charge in [-0.15, -0.1) is 0 Å². The van der Waals surface area contributed by atoms with E-state index in [2.05, 4.69) is 54.9 Å². The third kappa shape index (κ3) is 3.56. The van der Waals surface area contributed by atoms with Crippen LogP contribution in [0, 0.1) is 5.92 Å². The van der Waals surface area contributed by atoms with Crippen molar-refractivity contribution in [2.24, 2.45) is 5.92 Å². The fourth-order valence-electron chi connectivity index (χ4n) is 3.42. The van der Waals surface area contributed by atoms with Gasteiger partial charge in [0.2, 0.25) is 0 Å². The lowest BCUT2D eigenvalue weighted by Crippen LogP contribution is -2.36. The summed E-state index contributed by atoms with van der Waals surface area (Å²) in [6, 6.07) is 6.40. The third-order valence-electron chi connectivity index (χ3n) is 4.34. The predicted octanol–water partition coefficient (Wildman–Crippen LogP) is 5.16. The number of rotatable bonds is 4. The van der Waals surface area contributed by atoms with Crippen LogP contribution in [0.25, 0.3) is 0 Å². The van der Waals surface area contributed by atoms with Gasteiger partial charge in [0.25, 0.3) is 0 Å². The van der Waals surface area contributed by atoms with Crippen molar-refractivity contribution in [1.82, 2.24) is 0 Å². The Balaban J connectivity index is 2.28. The molecule has 2 atom stereocenters. The average Bonchev–Trinajstić information content (AvgIpc) is 2.40. The van der Waals surface area contributed by atoms with Gasteiger partial charge in [-0.05, 0) is 62.6 Å². The van der Waals surface area contributed by atoms with Crippen molar-refractivity contribution in [3.63, 3.8) is 0 Å². The van der Waals surface area contributed by atoms with Crippen molar-refractivity contribution >= 4 is 15.9 Å². The molecule has 2 rings (SSSR count). The van der Waals surface area contributed by atoms with Crippen LogP contribution in [0.3, 0.4) is 0 Å². The van der Waals surface area contributed by atoms with Crippen LogP contribution < -0.4 is 4.74 Å². The van der Waals surface area contributed by atoms with Crippen LogP contribution in [0.15, 0.2) is 22.7 Å². The highest BCUT2D eigenvalue weighted by Gasteiger charge is 2.34. The quantitative estimate of drug-likeness (QED) is 0.753. The van der Waals surface area contributed by atoms with Crippen LogP contribution in [0.4, 0.5) is 0 Å². The number of benzene rings is 1. The molecule has 0 saturated carbocycles. The molecule has 1 fully saturated rings. The van der Waals surface area contributed by atoms with E-state index in [1.165, 1.54) is 5.56 Å². The molecule has 0 bridgehead atoms. The summed E-state index contributed by atoms with van der Waals surface area (Å²) in [5.41, 5.74) is 1.33. The van der Waals surface area contributed by atoms with E-state index in [0.717, 1.165) is 36.1 Å².